The second-order valence-corrected chi connectivity index (χ2v) is 30.5. The smallest absolute Gasteiger partial charge is 0.330 e. The average Bonchev–Trinajstić information content (AvgIpc) is 3.07. The summed E-state index contributed by atoms with van der Waals surface area (Å²) in [7, 11) is -6.79. The first kappa shape index (κ1) is 36.1. The lowest BCUT2D eigenvalue weighted by Gasteiger charge is -2.44. The summed E-state index contributed by atoms with van der Waals surface area (Å²) < 4.78 is 29.2. The normalized spacial score (nSPS) is 23.2. The number of allylic oxidation sites excluding steroid dienone is 1. The van der Waals surface area contributed by atoms with Gasteiger partial charge in [-0.05, 0) is 60.8 Å². The third-order valence-electron chi connectivity index (χ3n) is 9.85. The highest BCUT2D eigenvalue weighted by Gasteiger charge is 2.55. The fourth-order valence-electron chi connectivity index (χ4n) is 3.89. The highest BCUT2D eigenvalue weighted by molar-refractivity contribution is 6.75. The molecule has 11 heteroatoms. The van der Waals surface area contributed by atoms with E-state index in [2.05, 4.69) is 113 Å². The van der Waals surface area contributed by atoms with Gasteiger partial charge < -0.3 is 18.0 Å². The van der Waals surface area contributed by atoms with Crippen LogP contribution in [0.2, 0.25) is 54.4 Å². The summed E-state index contributed by atoms with van der Waals surface area (Å²) >= 11 is 0. The van der Waals surface area contributed by atoms with Gasteiger partial charge in [-0.1, -0.05) is 68.4 Å². The van der Waals surface area contributed by atoms with Crippen LogP contribution < -0.4 is 11.2 Å². The Balaban J connectivity index is 2.75. The lowest BCUT2D eigenvalue weighted by atomic mass is 10.1. The fraction of sp³-hybridized carbons (Fsp3) is 0.800. The third kappa shape index (κ3) is 8.10. The van der Waals surface area contributed by atoms with Gasteiger partial charge in [-0.15, -0.1) is 6.58 Å². The number of H-pyrrole nitrogens is 1. The van der Waals surface area contributed by atoms with Gasteiger partial charge in [0.2, 0.25) is 0 Å². The molecule has 1 saturated heterocycles. The Bertz CT molecular complexity index is 1180. The van der Waals surface area contributed by atoms with Crippen molar-refractivity contribution in [3.05, 3.63) is 45.3 Å². The van der Waals surface area contributed by atoms with Crippen LogP contribution in [0.5, 0.6) is 0 Å². The Labute approximate surface area is 251 Å². The number of aromatic nitrogens is 2. The second-order valence-electron chi connectivity index (χ2n) is 16.1. The van der Waals surface area contributed by atoms with Crippen molar-refractivity contribution in [1.29, 1.82) is 0 Å². The topological polar surface area (TPSA) is 91.8 Å². The molecule has 236 valence electrons. The molecule has 41 heavy (non-hydrogen) atoms. The van der Waals surface area contributed by atoms with E-state index in [1.807, 2.05) is 0 Å². The maximum atomic E-state index is 13.3. The Hall–Kier alpha value is -1.09. The van der Waals surface area contributed by atoms with Crippen LogP contribution in [0.15, 0.2) is 28.4 Å². The van der Waals surface area contributed by atoms with Crippen LogP contribution in [0.3, 0.4) is 0 Å². The quantitative estimate of drug-likeness (QED) is 0.223. The summed E-state index contributed by atoms with van der Waals surface area (Å²) in [5.74, 6) is 0. The average molecular weight is 627 g/mol. The summed E-state index contributed by atoms with van der Waals surface area (Å²) in [6.07, 6.45) is 1.30. The molecule has 0 spiro atoms. The minimum atomic E-state index is -2.36. The van der Waals surface area contributed by atoms with E-state index < -0.39 is 60.7 Å². The van der Waals surface area contributed by atoms with Gasteiger partial charge in [0.15, 0.2) is 31.2 Å². The number of nitrogens with one attached hydrogen (secondary N) is 1. The van der Waals surface area contributed by atoms with Crippen molar-refractivity contribution >= 4 is 25.0 Å². The van der Waals surface area contributed by atoms with Gasteiger partial charge in [0.25, 0.3) is 5.56 Å². The summed E-state index contributed by atoms with van der Waals surface area (Å²) in [5.41, 5.74) is -0.510. The van der Waals surface area contributed by atoms with Crippen LogP contribution >= 0.6 is 0 Å². The van der Waals surface area contributed by atoms with Gasteiger partial charge in [-0.3, -0.25) is 14.3 Å². The minimum absolute atomic E-state index is 0.0211. The molecule has 0 aromatic carbocycles. The summed E-state index contributed by atoms with van der Waals surface area (Å²) in [5, 5.41) is -0.116. The molecule has 1 aliphatic heterocycles. The highest BCUT2D eigenvalue weighted by atomic mass is 28.4. The van der Waals surface area contributed by atoms with E-state index >= 15 is 0 Å². The zero-order chi connectivity index (χ0) is 32.0. The van der Waals surface area contributed by atoms with Crippen LogP contribution in [0, 0.1) is 0 Å². The first-order chi connectivity index (χ1) is 18.3. The molecule has 0 radical (unpaired) electrons. The summed E-state index contributed by atoms with van der Waals surface area (Å²) in [6.45, 7) is 37.3. The molecular weight excluding hydrogens is 569 g/mol. The number of rotatable bonds is 10. The van der Waals surface area contributed by atoms with Crippen molar-refractivity contribution in [3.8, 4) is 0 Å². The predicted octanol–water partition coefficient (Wildman–Crippen LogP) is 6.97. The van der Waals surface area contributed by atoms with E-state index in [0.29, 0.717) is 18.6 Å². The van der Waals surface area contributed by atoms with E-state index in [1.165, 1.54) is 4.57 Å². The van der Waals surface area contributed by atoms with Gasteiger partial charge in [0.1, 0.15) is 18.3 Å². The van der Waals surface area contributed by atoms with Crippen LogP contribution in [0.4, 0.5) is 0 Å². The maximum Gasteiger partial charge on any atom is 0.330 e. The van der Waals surface area contributed by atoms with Crippen LogP contribution in [-0.2, 0) is 24.4 Å². The fourth-order valence-corrected chi connectivity index (χ4v) is 7.51. The molecule has 0 saturated carbocycles. The summed E-state index contributed by atoms with van der Waals surface area (Å²) in [4.78, 5) is 28.3. The van der Waals surface area contributed by atoms with Gasteiger partial charge in [-0.25, -0.2) is 4.79 Å². The molecule has 4 atom stereocenters. The van der Waals surface area contributed by atoms with Crippen molar-refractivity contribution in [1.82, 2.24) is 9.55 Å². The SMILES string of the molecule is C=CCc1cn([C@H]2O[C@@H](CO[Si](C)(C)C(C)(C)C)C(O[Si](C)(C)C(C)(C)C)C2O[Si](C)(C)C(C)(C)C)c(=O)[nH]c1=O. The molecule has 2 unspecified atom stereocenters. The molecule has 1 N–H and O–H groups in total. The van der Waals surface area contributed by atoms with Crippen molar-refractivity contribution in [2.45, 2.75) is 148 Å². The van der Waals surface area contributed by atoms with Crippen molar-refractivity contribution in [2.24, 2.45) is 0 Å². The molecular formula is C30H58N2O6Si3. The first-order valence-corrected chi connectivity index (χ1v) is 23.6. The molecule has 1 fully saturated rings. The van der Waals surface area contributed by atoms with E-state index in [9.17, 15) is 9.59 Å². The van der Waals surface area contributed by atoms with Gasteiger partial charge in [0, 0.05) is 11.8 Å². The second kappa shape index (κ2) is 12.1. The standard InChI is InChI=1S/C30H58N2O6Si3/c1-17-18-21-19-32(27(34)31-25(21)33)26-24(38-41(15,16)30(8,9)10)23(37-40(13,14)29(5,6)7)22(36-26)20-35-39(11,12)28(2,3)4/h17,19,22-24,26H,1,18,20H2,2-16H3,(H,31,33,34)/t22-,23?,24?,26-/m0/s1. The molecule has 0 amide bonds. The Kier molecular flexibility index (Phi) is 10.7. The largest absolute Gasteiger partial charge is 0.414 e. The van der Waals surface area contributed by atoms with Gasteiger partial charge in [-0.2, -0.15) is 0 Å². The lowest BCUT2D eigenvalue weighted by molar-refractivity contribution is -0.0511. The van der Waals surface area contributed by atoms with E-state index in [-0.39, 0.29) is 15.1 Å². The van der Waals surface area contributed by atoms with Crippen molar-refractivity contribution in [2.75, 3.05) is 6.61 Å². The Morgan fingerprint density at radius 2 is 1.32 bits per heavy atom. The number of hydrogen-bond acceptors (Lipinski definition) is 6. The van der Waals surface area contributed by atoms with E-state index in [1.54, 1.807) is 12.3 Å². The number of nitrogens with zero attached hydrogens (tertiary/aromatic N) is 1. The van der Waals surface area contributed by atoms with E-state index in [4.69, 9.17) is 18.0 Å². The minimum Gasteiger partial charge on any atom is -0.414 e. The highest BCUT2D eigenvalue weighted by Crippen LogP contribution is 2.46. The molecule has 0 bridgehead atoms. The maximum absolute atomic E-state index is 13.3. The molecule has 1 aliphatic rings. The molecule has 1 aromatic rings. The summed E-state index contributed by atoms with van der Waals surface area (Å²) in [6, 6.07) is 0. The van der Waals surface area contributed by atoms with Crippen LogP contribution in [0.1, 0.15) is 74.1 Å². The molecule has 2 heterocycles. The van der Waals surface area contributed by atoms with E-state index in [0.717, 1.165) is 0 Å². The zero-order valence-electron chi connectivity index (χ0n) is 28.5. The zero-order valence-corrected chi connectivity index (χ0v) is 31.5. The molecule has 1 aromatic heterocycles. The molecule has 8 nitrogen and oxygen atoms in total. The Morgan fingerprint density at radius 1 is 0.854 bits per heavy atom. The van der Waals surface area contributed by atoms with Gasteiger partial charge >= 0.3 is 5.69 Å². The lowest BCUT2D eigenvalue weighted by Crippen LogP contribution is -2.55. The van der Waals surface area contributed by atoms with Gasteiger partial charge in [0.05, 0.1) is 6.61 Å². The van der Waals surface area contributed by atoms with Crippen molar-refractivity contribution < 1.29 is 18.0 Å². The number of hydrogen-bond donors (Lipinski definition) is 1. The van der Waals surface area contributed by atoms with Crippen LogP contribution in [-0.4, -0.2) is 59.4 Å². The third-order valence-corrected chi connectivity index (χ3v) is 23.3. The van der Waals surface area contributed by atoms with Crippen LogP contribution in [0.25, 0.3) is 0 Å². The predicted molar refractivity (Wildman–Crippen MR) is 176 cm³/mol. The first-order valence-electron chi connectivity index (χ1n) is 14.9. The number of aromatic amines is 1. The van der Waals surface area contributed by atoms with Crippen molar-refractivity contribution in [3.63, 3.8) is 0 Å². The Morgan fingerprint density at radius 3 is 1.76 bits per heavy atom. The molecule has 0 aliphatic carbocycles. The monoisotopic (exact) mass is 626 g/mol. The number of ether oxygens (including phenoxy) is 1. The molecule has 2 rings (SSSR count).